The number of nitrogens with one attached hydrogen (secondary N) is 1. The van der Waals surface area contributed by atoms with Crippen molar-refractivity contribution < 1.29 is 9.53 Å². The summed E-state index contributed by atoms with van der Waals surface area (Å²) in [5.74, 6) is 0.361. The minimum atomic E-state index is -0.689. The number of carbonyl (C=O) groups excluding carboxylic acids is 1. The Bertz CT molecular complexity index is 890. The van der Waals surface area contributed by atoms with Crippen molar-refractivity contribution in [1.82, 2.24) is 0 Å². The molecule has 0 aliphatic rings. The Balaban J connectivity index is 1.77. The Morgan fingerprint density at radius 3 is 2.54 bits per heavy atom. The van der Waals surface area contributed by atoms with Gasteiger partial charge in [-0.2, -0.15) is 0 Å². The van der Waals surface area contributed by atoms with E-state index < -0.39 is 6.10 Å². The maximum Gasteiger partial charge on any atom is 0.265 e. The lowest BCUT2D eigenvalue weighted by atomic mass is 10.1. The van der Waals surface area contributed by atoms with E-state index in [2.05, 4.69) is 5.32 Å². The van der Waals surface area contributed by atoms with Gasteiger partial charge in [0.15, 0.2) is 6.10 Å². The van der Waals surface area contributed by atoms with E-state index in [1.165, 1.54) is 0 Å². The molecule has 0 spiro atoms. The lowest BCUT2D eigenvalue weighted by molar-refractivity contribution is -0.122. The number of ether oxygens (including phenoxy) is 1. The molecule has 3 nitrogen and oxygen atoms in total. The van der Waals surface area contributed by atoms with Crippen molar-refractivity contribution in [2.75, 3.05) is 5.32 Å². The number of amides is 1. The average molecular weight is 360 g/mol. The molecule has 0 aliphatic heterocycles. The number of carbonyl (C=O) groups is 1. The van der Waals surface area contributed by atoms with Crippen molar-refractivity contribution in [2.24, 2.45) is 0 Å². The zero-order chi connectivity index (χ0) is 17.1. The van der Waals surface area contributed by atoms with Crippen LogP contribution >= 0.6 is 23.2 Å². The van der Waals surface area contributed by atoms with Crippen LogP contribution in [-0.4, -0.2) is 12.0 Å². The highest BCUT2D eigenvalue weighted by atomic mass is 35.5. The van der Waals surface area contributed by atoms with Crippen molar-refractivity contribution in [2.45, 2.75) is 13.0 Å². The van der Waals surface area contributed by atoms with E-state index in [1.54, 1.807) is 25.1 Å². The zero-order valence-electron chi connectivity index (χ0n) is 12.9. The van der Waals surface area contributed by atoms with Crippen LogP contribution in [0.15, 0.2) is 60.7 Å². The second-order valence-corrected chi connectivity index (χ2v) is 6.11. The molecule has 0 aromatic heterocycles. The van der Waals surface area contributed by atoms with Gasteiger partial charge >= 0.3 is 0 Å². The van der Waals surface area contributed by atoms with Crippen LogP contribution in [0.1, 0.15) is 6.92 Å². The average Bonchev–Trinajstić information content (AvgIpc) is 2.59. The van der Waals surface area contributed by atoms with Gasteiger partial charge in [0.25, 0.3) is 5.91 Å². The van der Waals surface area contributed by atoms with E-state index in [0.29, 0.717) is 21.5 Å². The summed E-state index contributed by atoms with van der Waals surface area (Å²) in [5, 5.41) is 5.45. The molecule has 122 valence electrons. The monoisotopic (exact) mass is 359 g/mol. The minimum absolute atomic E-state index is 0.299. The fourth-order valence-electron chi connectivity index (χ4n) is 2.38. The number of benzene rings is 3. The van der Waals surface area contributed by atoms with Gasteiger partial charge in [-0.15, -0.1) is 0 Å². The predicted octanol–water partition coefficient (Wildman–Crippen LogP) is 5.55. The van der Waals surface area contributed by atoms with E-state index in [-0.39, 0.29) is 5.91 Å². The molecule has 3 aromatic rings. The first kappa shape index (κ1) is 16.6. The van der Waals surface area contributed by atoms with E-state index in [9.17, 15) is 4.79 Å². The summed E-state index contributed by atoms with van der Waals surface area (Å²) in [6.07, 6.45) is -0.689. The molecule has 0 fully saturated rings. The van der Waals surface area contributed by atoms with Crippen molar-refractivity contribution >= 4 is 45.6 Å². The van der Waals surface area contributed by atoms with Crippen LogP contribution in [0, 0.1) is 0 Å². The van der Waals surface area contributed by atoms with Crippen LogP contribution in [0.25, 0.3) is 10.8 Å². The quantitative estimate of drug-likeness (QED) is 0.662. The van der Waals surface area contributed by atoms with Crippen LogP contribution in [-0.2, 0) is 4.79 Å². The molecule has 1 N–H and O–H groups in total. The second kappa shape index (κ2) is 7.12. The first-order valence-electron chi connectivity index (χ1n) is 7.45. The summed E-state index contributed by atoms with van der Waals surface area (Å²) < 4.78 is 5.84. The Labute approximate surface area is 150 Å². The molecule has 0 heterocycles. The number of hydrogen-bond donors (Lipinski definition) is 1. The Kier molecular flexibility index (Phi) is 4.93. The van der Waals surface area contributed by atoms with E-state index in [0.717, 1.165) is 10.8 Å². The topological polar surface area (TPSA) is 38.3 Å². The normalized spacial score (nSPS) is 12.0. The molecule has 1 atom stereocenters. The van der Waals surface area contributed by atoms with E-state index in [1.807, 2.05) is 42.5 Å². The highest BCUT2D eigenvalue weighted by Crippen LogP contribution is 2.30. The van der Waals surface area contributed by atoms with Crippen molar-refractivity contribution in [3.05, 3.63) is 70.7 Å². The summed E-state index contributed by atoms with van der Waals surface area (Å²) in [4.78, 5) is 12.4. The molecule has 0 aliphatic carbocycles. The van der Waals surface area contributed by atoms with Gasteiger partial charge in [-0.25, -0.2) is 0 Å². The molecule has 0 saturated heterocycles. The SMILES string of the molecule is C[C@H](Oc1cccc2ccccc12)C(=O)Nc1cccc(Cl)c1Cl. The second-order valence-electron chi connectivity index (χ2n) is 5.33. The molecular formula is C19H15Cl2NO2. The van der Waals surface area contributed by atoms with Crippen LogP contribution < -0.4 is 10.1 Å². The fourth-order valence-corrected chi connectivity index (χ4v) is 2.72. The van der Waals surface area contributed by atoms with Crippen molar-refractivity contribution in [1.29, 1.82) is 0 Å². The molecule has 3 rings (SSSR count). The summed E-state index contributed by atoms with van der Waals surface area (Å²) in [6, 6.07) is 18.7. The molecule has 24 heavy (non-hydrogen) atoms. The third kappa shape index (κ3) is 3.48. The number of anilines is 1. The summed E-state index contributed by atoms with van der Waals surface area (Å²) in [6.45, 7) is 1.69. The third-order valence-corrected chi connectivity index (χ3v) is 4.45. The smallest absolute Gasteiger partial charge is 0.265 e. The maximum atomic E-state index is 12.4. The number of fused-ring (bicyclic) bond motifs is 1. The Morgan fingerprint density at radius 1 is 1.00 bits per heavy atom. The van der Waals surface area contributed by atoms with Crippen molar-refractivity contribution in [3.8, 4) is 5.75 Å². The molecule has 1 amide bonds. The fraction of sp³-hybridized carbons (Fsp3) is 0.105. The van der Waals surface area contributed by atoms with Gasteiger partial charge in [0.1, 0.15) is 5.75 Å². The summed E-state index contributed by atoms with van der Waals surface area (Å²) in [5.41, 5.74) is 0.461. The minimum Gasteiger partial charge on any atom is -0.480 e. The third-order valence-electron chi connectivity index (χ3n) is 3.63. The molecule has 0 saturated carbocycles. The predicted molar refractivity (Wildman–Crippen MR) is 99.1 cm³/mol. The van der Waals surface area contributed by atoms with Gasteiger partial charge < -0.3 is 10.1 Å². The van der Waals surface area contributed by atoms with Gasteiger partial charge in [0.2, 0.25) is 0 Å². The van der Waals surface area contributed by atoms with Crippen molar-refractivity contribution in [3.63, 3.8) is 0 Å². The van der Waals surface area contributed by atoms with Gasteiger partial charge in [0, 0.05) is 5.39 Å². The van der Waals surface area contributed by atoms with Crippen LogP contribution in [0.3, 0.4) is 0 Å². The number of halogens is 2. The molecule has 3 aromatic carbocycles. The molecular weight excluding hydrogens is 345 g/mol. The van der Waals surface area contributed by atoms with Gasteiger partial charge in [-0.3, -0.25) is 4.79 Å². The van der Waals surface area contributed by atoms with E-state index in [4.69, 9.17) is 27.9 Å². The zero-order valence-corrected chi connectivity index (χ0v) is 14.4. The lowest BCUT2D eigenvalue weighted by Crippen LogP contribution is -2.30. The first-order valence-corrected chi connectivity index (χ1v) is 8.21. The summed E-state index contributed by atoms with van der Waals surface area (Å²) in [7, 11) is 0. The number of rotatable bonds is 4. The van der Waals surface area contributed by atoms with Gasteiger partial charge in [-0.05, 0) is 30.5 Å². The maximum absolute atomic E-state index is 12.4. The first-order chi connectivity index (χ1) is 11.6. The lowest BCUT2D eigenvalue weighted by Gasteiger charge is -2.17. The highest BCUT2D eigenvalue weighted by Gasteiger charge is 2.17. The highest BCUT2D eigenvalue weighted by molar-refractivity contribution is 6.44. The standard InChI is InChI=1S/C19H15Cl2NO2/c1-12(19(23)22-16-10-5-9-15(20)18(16)21)24-17-11-4-7-13-6-2-3-8-14(13)17/h2-12H,1H3,(H,22,23)/t12-/m0/s1. The molecule has 0 radical (unpaired) electrons. The van der Waals surface area contributed by atoms with Crippen LogP contribution in [0.4, 0.5) is 5.69 Å². The summed E-state index contributed by atoms with van der Waals surface area (Å²) >= 11 is 12.1. The van der Waals surface area contributed by atoms with Crippen LogP contribution in [0.2, 0.25) is 10.0 Å². The molecule has 5 heteroatoms. The number of hydrogen-bond acceptors (Lipinski definition) is 2. The van der Waals surface area contributed by atoms with Gasteiger partial charge in [0.05, 0.1) is 15.7 Å². The van der Waals surface area contributed by atoms with Gasteiger partial charge in [-0.1, -0.05) is 65.7 Å². The Morgan fingerprint density at radius 2 is 1.71 bits per heavy atom. The largest absolute Gasteiger partial charge is 0.480 e. The molecule has 0 unspecified atom stereocenters. The van der Waals surface area contributed by atoms with E-state index >= 15 is 0 Å². The molecule has 0 bridgehead atoms. The van der Waals surface area contributed by atoms with Crippen LogP contribution in [0.5, 0.6) is 5.75 Å². The Hall–Kier alpha value is -2.23.